The van der Waals surface area contributed by atoms with E-state index in [2.05, 4.69) is 75.2 Å². The maximum Gasteiger partial charge on any atom is 0.136 e. The van der Waals surface area contributed by atoms with Crippen molar-refractivity contribution in [1.29, 1.82) is 0 Å². The molecule has 0 aliphatic rings. The monoisotopic (exact) mass is 362 g/mol. The molecular formula is C17H23BrN4. The van der Waals surface area contributed by atoms with Crippen LogP contribution >= 0.6 is 15.9 Å². The van der Waals surface area contributed by atoms with Crippen molar-refractivity contribution in [3.05, 3.63) is 40.1 Å². The summed E-state index contributed by atoms with van der Waals surface area (Å²) in [5, 5.41) is 3.37. The van der Waals surface area contributed by atoms with Gasteiger partial charge in [0.15, 0.2) is 0 Å². The van der Waals surface area contributed by atoms with Crippen molar-refractivity contribution in [1.82, 2.24) is 9.97 Å². The predicted molar refractivity (Wildman–Crippen MR) is 97.1 cm³/mol. The fourth-order valence-electron chi connectivity index (χ4n) is 2.18. The Bertz CT molecular complexity index is 643. The zero-order valence-corrected chi connectivity index (χ0v) is 15.2. The van der Waals surface area contributed by atoms with Gasteiger partial charge in [-0.25, -0.2) is 9.97 Å². The third-order valence-electron chi connectivity index (χ3n) is 3.45. The number of rotatable bonds is 6. The van der Waals surface area contributed by atoms with Crippen molar-refractivity contribution in [2.45, 2.75) is 33.6 Å². The Kier molecular flexibility index (Phi) is 5.77. The Morgan fingerprint density at radius 1 is 1.18 bits per heavy atom. The Balaban J connectivity index is 2.22. The van der Waals surface area contributed by atoms with E-state index < -0.39 is 0 Å². The molecule has 1 aromatic carbocycles. The molecule has 118 valence electrons. The van der Waals surface area contributed by atoms with Gasteiger partial charge in [-0.1, -0.05) is 19.4 Å². The summed E-state index contributed by atoms with van der Waals surface area (Å²) in [6.07, 6.45) is 2.33. The molecule has 0 unspecified atom stereocenters. The summed E-state index contributed by atoms with van der Waals surface area (Å²) in [4.78, 5) is 11.2. The number of hydrogen-bond acceptors (Lipinski definition) is 4. The first kappa shape index (κ1) is 16.7. The largest absolute Gasteiger partial charge is 0.360 e. The van der Waals surface area contributed by atoms with Crippen LogP contribution in [0.1, 0.15) is 31.2 Å². The van der Waals surface area contributed by atoms with Crippen LogP contribution in [-0.2, 0) is 0 Å². The fraction of sp³-hybridized carbons (Fsp3) is 0.412. The van der Waals surface area contributed by atoms with E-state index >= 15 is 0 Å². The average molecular weight is 363 g/mol. The second kappa shape index (κ2) is 7.58. The molecule has 0 radical (unpaired) electrons. The Hall–Kier alpha value is -1.62. The summed E-state index contributed by atoms with van der Waals surface area (Å²) in [5.74, 6) is 2.54. The lowest BCUT2D eigenvalue weighted by atomic mass is 10.2. The first-order valence-corrected chi connectivity index (χ1v) is 8.39. The van der Waals surface area contributed by atoms with Crippen molar-refractivity contribution in [3.63, 3.8) is 0 Å². The van der Waals surface area contributed by atoms with Gasteiger partial charge in [-0.05, 0) is 53.9 Å². The molecule has 0 fully saturated rings. The van der Waals surface area contributed by atoms with Crippen LogP contribution in [0, 0.1) is 13.8 Å². The fourth-order valence-corrected chi connectivity index (χ4v) is 2.77. The maximum atomic E-state index is 4.53. The van der Waals surface area contributed by atoms with Crippen LogP contribution in [0.5, 0.6) is 0 Å². The standard InChI is InChI=1S/C17H23BrN4/c1-5-6-9-22(4)17-11-16(19-13(3)20-17)21-15-8-7-12(2)10-14(15)18/h7-8,10-11H,5-6,9H2,1-4H3,(H,19,20,21). The van der Waals surface area contributed by atoms with E-state index in [9.17, 15) is 0 Å². The summed E-state index contributed by atoms with van der Waals surface area (Å²) >= 11 is 3.59. The van der Waals surface area contributed by atoms with Gasteiger partial charge in [0.2, 0.25) is 0 Å². The second-order valence-corrected chi connectivity index (χ2v) is 6.40. The van der Waals surface area contributed by atoms with E-state index in [1.807, 2.05) is 13.0 Å². The van der Waals surface area contributed by atoms with Gasteiger partial charge in [-0.15, -0.1) is 0 Å². The van der Waals surface area contributed by atoms with E-state index in [-0.39, 0.29) is 0 Å². The minimum atomic E-state index is 0.770. The van der Waals surface area contributed by atoms with Crippen LogP contribution < -0.4 is 10.2 Å². The van der Waals surface area contributed by atoms with Gasteiger partial charge in [0.05, 0.1) is 5.69 Å². The van der Waals surface area contributed by atoms with E-state index in [1.54, 1.807) is 0 Å². The van der Waals surface area contributed by atoms with Crippen LogP contribution in [-0.4, -0.2) is 23.6 Å². The molecule has 0 saturated heterocycles. The molecule has 4 nitrogen and oxygen atoms in total. The number of nitrogens with one attached hydrogen (secondary N) is 1. The number of nitrogens with zero attached hydrogens (tertiary/aromatic N) is 3. The highest BCUT2D eigenvalue weighted by atomic mass is 79.9. The highest BCUT2D eigenvalue weighted by Crippen LogP contribution is 2.27. The van der Waals surface area contributed by atoms with Gasteiger partial charge in [0.1, 0.15) is 17.5 Å². The molecule has 2 rings (SSSR count). The molecule has 5 heteroatoms. The SMILES string of the molecule is CCCCN(C)c1cc(Nc2ccc(C)cc2Br)nc(C)n1. The minimum Gasteiger partial charge on any atom is -0.360 e. The van der Waals surface area contributed by atoms with Crippen molar-refractivity contribution >= 4 is 33.3 Å². The first-order valence-electron chi connectivity index (χ1n) is 7.59. The van der Waals surface area contributed by atoms with Crippen LogP contribution in [0.25, 0.3) is 0 Å². The lowest BCUT2D eigenvalue weighted by molar-refractivity contribution is 0.756. The molecule has 0 bridgehead atoms. The van der Waals surface area contributed by atoms with Crippen molar-refractivity contribution in [2.24, 2.45) is 0 Å². The Morgan fingerprint density at radius 3 is 2.64 bits per heavy atom. The topological polar surface area (TPSA) is 41.0 Å². The van der Waals surface area contributed by atoms with E-state index in [0.717, 1.165) is 40.6 Å². The van der Waals surface area contributed by atoms with E-state index in [0.29, 0.717) is 0 Å². The van der Waals surface area contributed by atoms with Gasteiger partial charge in [0.25, 0.3) is 0 Å². The number of halogens is 1. The molecule has 22 heavy (non-hydrogen) atoms. The van der Waals surface area contributed by atoms with Crippen LogP contribution in [0.3, 0.4) is 0 Å². The molecule has 0 amide bonds. The number of aromatic nitrogens is 2. The molecule has 0 atom stereocenters. The van der Waals surface area contributed by atoms with Gasteiger partial charge in [-0.2, -0.15) is 0 Å². The summed E-state index contributed by atoms with van der Waals surface area (Å²) in [6.45, 7) is 7.19. The highest BCUT2D eigenvalue weighted by Gasteiger charge is 2.08. The van der Waals surface area contributed by atoms with Gasteiger partial charge < -0.3 is 10.2 Å². The smallest absolute Gasteiger partial charge is 0.136 e. The quantitative estimate of drug-likeness (QED) is 0.798. The van der Waals surface area contributed by atoms with Crippen molar-refractivity contribution in [3.8, 4) is 0 Å². The number of unbranched alkanes of at least 4 members (excludes halogenated alkanes) is 1. The van der Waals surface area contributed by atoms with Gasteiger partial charge in [-0.3, -0.25) is 0 Å². The van der Waals surface area contributed by atoms with Crippen molar-refractivity contribution < 1.29 is 0 Å². The average Bonchev–Trinajstić information content (AvgIpc) is 2.47. The Morgan fingerprint density at radius 2 is 1.95 bits per heavy atom. The van der Waals surface area contributed by atoms with Crippen LogP contribution in [0.2, 0.25) is 0 Å². The number of anilines is 3. The number of benzene rings is 1. The molecule has 0 aliphatic heterocycles. The normalized spacial score (nSPS) is 10.6. The lowest BCUT2D eigenvalue weighted by Gasteiger charge is -2.19. The van der Waals surface area contributed by atoms with Gasteiger partial charge in [0, 0.05) is 24.1 Å². The Labute approximate surface area is 141 Å². The lowest BCUT2D eigenvalue weighted by Crippen LogP contribution is -2.20. The van der Waals surface area contributed by atoms with E-state index in [1.165, 1.54) is 12.0 Å². The molecule has 1 heterocycles. The zero-order chi connectivity index (χ0) is 16.1. The summed E-state index contributed by atoms with van der Waals surface area (Å²) in [6, 6.07) is 8.21. The number of aryl methyl sites for hydroxylation is 2. The third-order valence-corrected chi connectivity index (χ3v) is 4.11. The molecule has 0 saturated carbocycles. The maximum absolute atomic E-state index is 4.53. The molecular weight excluding hydrogens is 340 g/mol. The third kappa shape index (κ3) is 4.44. The molecule has 0 spiro atoms. The van der Waals surface area contributed by atoms with Crippen LogP contribution in [0.15, 0.2) is 28.7 Å². The summed E-state index contributed by atoms with van der Waals surface area (Å²) in [5.41, 5.74) is 2.22. The van der Waals surface area contributed by atoms with Crippen LogP contribution in [0.4, 0.5) is 17.3 Å². The highest BCUT2D eigenvalue weighted by molar-refractivity contribution is 9.10. The molecule has 1 aromatic heterocycles. The summed E-state index contributed by atoms with van der Waals surface area (Å²) < 4.78 is 1.03. The van der Waals surface area contributed by atoms with E-state index in [4.69, 9.17) is 0 Å². The zero-order valence-electron chi connectivity index (χ0n) is 13.7. The minimum absolute atomic E-state index is 0.770. The number of hydrogen-bond donors (Lipinski definition) is 1. The summed E-state index contributed by atoms with van der Waals surface area (Å²) in [7, 11) is 2.07. The predicted octanol–water partition coefficient (Wildman–Crippen LogP) is 4.84. The molecule has 0 aliphatic carbocycles. The molecule has 2 aromatic rings. The van der Waals surface area contributed by atoms with Gasteiger partial charge >= 0.3 is 0 Å². The van der Waals surface area contributed by atoms with Crippen molar-refractivity contribution in [2.75, 3.05) is 23.8 Å². The first-order chi connectivity index (χ1) is 10.5. The molecule has 1 N–H and O–H groups in total. The second-order valence-electron chi connectivity index (χ2n) is 5.54.